The van der Waals surface area contributed by atoms with E-state index in [-0.39, 0.29) is 18.3 Å². The second-order valence-corrected chi connectivity index (χ2v) is 7.43. The third-order valence-corrected chi connectivity index (χ3v) is 5.06. The lowest BCUT2D eigenvalue weighted by molar-refractivity contribution is 0.130. The zero-order chi connectivity index (χ0) is 24.5. The van der Waals surface area contributed by atoms with Crippen molar-refractivity contribution in [3.63, 3.8) is 0 Å². The second-order valence-electron chi connectivity index (χ2n) is 7.43. The third-order valence-electron chi connectivity index (χ3n) is 5.06. The summed E-state index contributed by atoms with van der Waals surface area (Å²) in [5.74, 6) is 0. The van der Waals surface area contributed by atoms with Crippen LogP contribution in [0.5, 0.6) is 6.01 Å². The lowest BCUT2D eigenvalue weighted by atomic mass is 10.1. The maximum Gasteiger partial charge on any atom is 0.353 e. The second kappa shape index (κ2) is 11.6. The molecule has 3 rings (SSSR count). The van der Waals surface area contributed by atoms with E-state index in [1.165, 1.54) is 16.4 Å². The summed E-state index contributed by atoms with van der Waals surface area (Å²) in [6.07, 6.45) is 3.81. The van der Waals surface area contributed by atoms with E-state index < -0.39 is 0 Å². The van der Waals surface area contributed by atoms with Crippen LogP contribution in [-0.2, 0) is 23.3 Å². The van der Waals surface area contributed by atoms with E-state index in [0.29, 0.717) is 12.3 Å². The number of aryl methyl sites for hydroxylation is 1. The number of benzene rings is 2. The van der Waals surface area contributed by atoms with E-state index in [1.54, 1.807) is 7.05 Å². The quantitative estimate of drug-likeness (QED) is 0.197. The molecule has 0 bridgehead atoms. The van der Waals surface area contributed by atoms with E-state index in [4.69, 9.17) is 14.4 Å². The molecule has 0 spiro atoms. The van der Waals surface area contributed by atoms with E-state index in [1.807, 2.05) is 81.5 Å². The molecule has 1 aromatic heterocycles. The highest BCUT2D eigenvalue weighted by atomic mass is 16.6. The molecule has 9 heteroatoms. The first-order valence-corrected chi connectivity index (χ1v) is 10.8. The lowest BCUT2D eigenvalue weighted by Gasteiger charge is -2.10. The Hall–Kier alpha value is -4.14. The molecule has 0 aliphatic rings. The van der Waals surface area contributed by atoms with Gasteiger partial charge < -0.3 is 14.4 Å². The summed E-state index contributed by atoms with van der Waals surface area (Å²) in [4.78, 5) is 23.4. The van der Waals surface area contributed by atoms with Crippen LogP contribution in [0.3, 0.4) is 0 Å². The molecule has 178 valence electrons. The first-order valence-electron chi connectivity index (χ1n) is 10.8. The van der Waals surface area contributed by atoms with Gasteiger partial charge in [0, 0.05) is 12.6 Å². The molecule has 0 saturated carbocycles. The molecule has 0 atom stereocenters. The minimum Gasteiger partial charge on any atom is -0.467 e. The highest BCUT2D eigenvalue weighted by Gasteiger charge is 2.16. The monoisotopic (exact) mass is 463 g/mol. The summed E-state index contributed by atoms with van der Waals surface area (Å²) in [6.45, 7) is 6.32. The van der Waals surface area contributed by atoms with Crippen molar-refractivity contribution in [1.82, 2.24) is 14.3 Å². The zero-order valence-corrected chi connectivity index (χ0v) is 20.1. The first kappa shape index (κ1) is 24.5. The summed E-state index contributed by atoms with van der Waals surface area (Å²) < 4.78 is 7.89. The van der Waals surface area contributed by atoms with E-state index >= 15 is 0 Å². The normalized spacial score (nSPS) is 12.3. The Bertz CT molecular complexity index is 1250. The van der Waals surface area contributed by atoms with Crippen LogP contribution >= 0.6 is 0 Å². The van der Waals surface area contributed by atoms with Gasteiger partial charge in [-0.1, -0.05) is 58.9 Å². The molecule has 2 aromatic carbocycles. The highest BCUT2D eigenvalue weighted by molar-refractivity contribution is 6.01. The van der Waals surface area contributed by atoms with Crippen molar-refractivity contribution in [2.75, 3.05) is 13.7 Å². The lowest BCUT2D eigenvalue weighted by Crippen LogP contribution is -2.22. The van der Waals surface area contributed by atoms with Gasteiger partial charge in [-0.2, -0.15) is 0 Å². The highest BCUT2D eigenvalue weighted by Crippen LogP contribution is 2.19. The number of rotatable bonds is 10. The molecule has 0 amide bonds. The number of oxime groups is 2. The van der Waals surface area contributed by atoms with Crippen molar-refractivity contribution in [2.45, 2.75) is 27.4 Å². The van der Waals surface area contributed by atoms with E-state index in [9.17, 15) is 4.79 Å². The Labute approximate surface area is 198 Å². The predicted molar refractivity (Wildman–Crippen MR) is 132 cm³/mol. The van der Waals surface area contributed by atoms with Crippen molar-refractivity contribution < 1.29 is 14.4 Å². The van der Waals surface area contributed by atoms with Gasteiger partial charge in [0.05, 0.1) is 24.2 Å². The Morgan fingerprint density at radius 2 is 1.62 bits per heavy atom. The maximum absolute atomic E-state index is 12.5. The molecule has 3 aromatic rings. The summed E-state index contributed by atoms with van der Waals surface area (Å²) in [5, 5.41) is 12.5. The topological polar surface area (TPSA) is 92.2 Å². The van der Waals surface area contributed by atoms with Crippen molar-refractivity contribution >= 4 is 11.4 Å². The van der Waals surface area contributed by atoms with Crippen LogP contribution < -0.4 is 10.4 Å². The van der Waals surface area contributed by atoms with Crippen molar-refractivity contribution in [2.24, 2.45) is 17.4 Å². The number of nitrogens with zero attached hydrogens (tertiary/aromatic N) is 5. The van der Waals surface area contributed by atoms with Gasteiger partial charge in [-0.3, -0.25) is 0 Å². The van der Waals surface area contributed by atoms with Crippen molar-refractivity contribution in [3.05, 3.63) is 87.9 Å². The van der Waals surface area contributed by atoms with Gasteiger partial charge >= 0.3 is 11.7 Å². The Kier molecular flexibility index (Phi) is 8.39. The predicted octanol–water partition coefficient (Wildman–Crippen LogP) is 3.84. The molecular weight excluding hydrogens is 434 g/mol. The van der Waals surface area contributed by atoms with Gasteiger partial charge in [0.2, 0.25) is 0 Å². The summed E-state index contributed by atoms with van der Waals surface area (Å²) in [6, 6.07) is 15.4. The number of para-hydroxylation sites is 1. The summed E-state index contributed by atoms with van der Waals surface area (Å²) in [5.41, 5.74) is 4.48. The zero-order valence-electron chi connectivity index (χ0n) is 20.1. The fourth-order valence-corrected chi connectivity index (χ4v) is 3.16. The van der Waals surface area contributed by atoms with Crippen LogP contribution in [0.2, 0.25) is 0 Å². The molecule has 1 heterocycles. The Morgan fingerprint density at radius 1 is 1.00 bits per heavy atom. The van der Waals surface area contributed by atoms with Gasteiger partial charge in [-0.15, -0.1) is 5.10 Å². The molecule has 34 heavy (non-hydrogen) atoms. The van der Waals surface area contributed by atoms with Gasteiger partial charge in [-0.05, 0) is 44.0 Å². The van der Waals surface area contributed by atoms with Gasteiger partial charge in [0.25, 0.3) is 0 Å². The molecule has 0 aliphatic carbocycles. The minimum absolute atomic E-state index is 0.172. The third kappa shape index (κ3) is 5.80. The van der Waals surface area contributed by atoms with Crippen LogP contribution in [0.1, 0.15) is 37.5 Å². The fourth-order valence-electron chi connectivity index (χ4n) is 3.16. The van der Waals surface area contributed by atoms with Gasteiger partial charge in [0.1, 0.15) is 13.2 Å². The van der Waals surface area contributed by atoms with Gasteiger partial charge in [-0.25, -0.2) is 14.0 Å². The largest absolute Gasteiger partial charge is 0.467 e. The molecule has 0 aliphatic heterocycles. The van der Waals surface area contributed by atoms with Crippen LogP contribution in [0.4, 0.5) is 0 Å². The number of ether oxygens (including phenoxy) is 1. The average molecular weight is 464 g/mol. The van der Waals surface area contributed by atoms with Crippen LogP contribution in [0.25, 0.3) is 5.69 Å². The molecule has 0 radical (unpaired) electrons. The fraction of sp³-hybridized carbons (Fsp3) is 0.280. The molecule has 0 saturated heterocycles. The summed E-state index contributed by atoms with van der Waals surface area (Å²) >= 11 is 0. The standard InChI is InChI=1S/C25H29N5O4/c1-6-7-16-33-27-18(2)20-12-14-21(15-13-20)19(3)28-34-17-22-10-8-9-11-23(22)30-24(32-5)26-29(4)25(30)31/h6-15H,16-17H2,1-5H3/b7-6+,27-18+,28-19+. The minimum atomic E-state index is -0.310. The number of methoxy groups -OCH3 is 1. The molecule has 0 unspecified atom stereocenters. The smallest absolute Gasteiger partial charge is 0.353 e. The Balaban J connectivity index is 1.71. The maximum atomic E-state index is 12.5. The SMILES string of the molecule is C/C=C/CO/N=C(\C)c1ccc(/C(C)=N/OCc2ccccc2-n2c(OC)nn(C)c2=O)cc1. The number of aromatic nitrogens is 3. The molecule has 0 N–H and O–H groups in total. The van der Waals surface area contributed by atoms with Crippen LogP contribution in [0, 0.1) is 0 Å². The summed E-state index contributed by atoms with van der Waals surface area (Å²) in [7, 11) is 3.05. The van der Waals surface area contributed by atoms with E-state index in [0.717, 1.165) is 28.1 Å². The number of hydrogen-bond donors (Lipinski definition) is 0. The van der Waals surface area contributed by atoms with E-state index in [2.05, 4.69) is 15.4 Å². The Morgan fingerprint density at radius 3 is 2.24 bits per heavy atom. The van der Waals surface area contributed by atoms with Crippen LogP contribution in [-0.4, -0.2) is 39.5 Å². The van der Waals surface area contributed by atoms with Crippen molar-refractivity contribution in [1.29, 1.82) is 0 Å². The van der Waals surface area contributed by atoms with Crippen LogP contribution in [0.15, 0.2) is 75.8 Å². The van der Waals surface area contributed by atoms with Crippen molar-refractivity contribution in [3.8, 4) is 11.7 Å². The number of allylic oxidation sites excluding steroid dienone is 1. The molecule has 9 nitrogen and oxygen atoms in total. The average Bonchev–Trinajstić information content (AvgIpc) is 3.15. The first-order chi connectivity index (χ1) is 16.5. The van der Waals surface area contributed by atoms with Gasteiger partial charge in [0.15, 0.2) is 0 Å². The molecule has 0 fully saturated rings. The number of hydrogen-bond acceptors (Lipinski definition) is 7. The molecular formula is C25H29N5O4.